The SMILES string of the molecule is O=C(c1ccc2cncc(-c3ccsc3)c2n1)N1CCC(c2c[nH]c3ccccc23)CC1. The Bertz CT molecular complexity index is 1410. The first kappa shape index (κ1) is 19.2. The van der Waals surface area contributed by atoms with Crippen LogP contribution in [0.25, 0.3) is 32.9 Å². The fourth-order valence-corrected chi connectivity index (χ4v) is 5.43. The van der Waals surface area contributed by atoms with Crippen LogP contribution < -0.4 is 0 Å². The van der Waals surface area contributed by atoms with Crippen molar-refractivity contribution >= 4 is 39.0 Å². The largest absolute Gasteiger partial charge is 0.361 e. The number of nitrogens with zero attached hydrogens (tertiary/aromatic N) is 3. The summed E-state index contributed by atoms with van der Waals surface area (Å²) in [5, 5.41) is 6.37. The van der Waals surface area contributed by atoms with Gasteiger partial charge in [-0.2, -0.15) is 11.3 Å². The summed E-state index contributed by atoms with van der Waals surface area (Å²) in [6.45, 7) is 1.49. The van der Waals surface area contributed by atoms with Crippen LogP contribution in [0.1, 0.15) is 34.8 Å². The smallest absolute Gasteiger partial charge is 0.272 e. The van der Waals surface area contributed by atoms with E-state index in [1.807, 2.05) is 28.6 Å². The molecule has 1 saturated heterocycles. The van der Waals surface area contributed by atoms with Crippen molar-refractivity contribution in [1.82, 2.24) is 19.9 Å². The van der Waals surface area contributed by atoms with Crippen LogP contribution in [0.3, 0.4) is 0 Å². The van der Waals surface area contributed by atoms with Crippen molar-refractivity contribution in [3.63, 3.8) is 0 Å². The summed E-state index contributed by atoms with van der Waals surface area (Å²) in [6, 6.07) is 14.3. The van der Waals surface area contributed by atoms with Crippen LogP contribution in [0, 0.1) is 0 Å². The molecule has 1 fully saturated rings. The molecular formula is C26H22N4OS. The number of thiophene rings is 1. The van der Waals surface area contributed by atoms with E-state index in [4.69, 9.17) is 4.98 Å². The lowest BCUT2D eigenvalue weighted by atomic mass is 9.89. The highest BCUT2D eigenvalue weighted by atomic mass is 32.1. The predicted molar refractivity (Wildman–Crippen MR) is 129 cm³/mol. The van der Waals surface area contributed by atoms with Gasteiger partial charge < -0.3 is 9.88 Å². The number of carbonyl (C=O) groups is 1. The Kier molecular flexibility index (Phi) is 4.72. The van der Waals surface area contributed by atoms with Gasteiger partial charge in [-0.1, -0.05) is 18.2 Å². The van der Waals surface area contributed by atoms with Gasteiger partial charge >= 0.3 is 0 Å². The Labute approximate surface area is 189 Å². The van der Waals surface area contributed by atoms with Gasteiger partial charge in [-0.25, -0.2) is 4.98 Å². The van der Waals surface area contributed by atoms with Crippen molar-refractivity contribution in [1.29, 1.82) is 0 Å². The number of fused-ring (bicyclic) bond motifs is 2. The lowest BCUT2D eigenvalue weighted by Crippen LogP contribution is -2.38. The third-order valence-electron chi connectivity index (χ3n) is 6.49. The number of benzene rings is 1. The fraction of sp³-hybridized carbons (Fsp3) is 0.192. The second-order valence-corrected chi connectivity index (χ2v) is 9.10. The summed E-state index contributed by atoms with van der Waals surface area (Å²) < 4.78 is 0. The van der Waals surface area contributed by atoms with E-state index >= 15 is 0 Å². The Morgan fingerprint density at radius 2 is 1.94 bits per heavy atom. The van der Waals surface area contributed by atoms with Crippen LogP contribution in [-0.4, -0.2) is 38.8 Å². The molecule has 1 amide bonds. The molecule has 6 heteroatoms. The monoisotopic (exact) mass is 438 g/mol. The molecule has 1 aliphatic heterocycles. The molecule has 0 unspecified atom stereocenters. The molecule has 5 heterocycles. The molecular weight excluding hydrogens is 416 g/mol. The lowest BCUT2D eigenvalue weighted by molar-refractivity contribution is 0.0708. The first-order chi connectivity index (χ1) is 15.8. The predicted octanol–water partition coefficient (Wildman–Crippen LogP) is 5.86. The molecule has 0 atom stereocenters. The summed E-state index contributed by atoms with van der Waals surface area (Å²) in [5.74, 6) is 0.480. The molecule has 5 nitrogen and oxygen atoms in total. The van der Waals surface area contributed by atoms with E-state index in [1.165, 1.54) is 16.5 Å². The van der Waals surface area contributed by atoms with Gasteiger partial charge in [-0.05, 0) is 64.9 Å². The fourth-order valence-electron chi connectivity index (χ4n) is 4.78. The number of nitrogens with one attached hydrogen (secondary N) is 1. The van der Waals surface area contributed by atoms with Crippen molar-refractivity contribution in [2.45, 2.75) is 18.8 Å². The van der Waals surface area contributed by atoms with E-state index in [9.17, 15) is 4.79 Å². The van der Waals surface area contributed by atoms with Gasteiger partial charge in [0, 0.05) is 53.5 Å². The standard InChI is InChI=1S/C26H22N4OS/c31-26(24-6-5-18-13-27-14-22(25(18)29-24)19-9-12-32-16-19)30-10-7-17(8-11-30)21-15-28-23-4-2-1-3-20(21)23/h1-6,9,12-17,28H,7-8,10-11H2. The van der Waals surface area contributed by atoms with Crippen LogP contribution >= 0.6 is 11.3 Å². The third-order valence-corrected chi connectivity index (χ3v) is 7.18. The first-order valence-electron chi connectivity index (χ1n) is 10.9. The minimum absolute atomic E-state index is 0.0114. The number of aromatic nitrogens is 3. The summed E-state index contributed by atoms with van der Waals surface area (Å²) >= 11 is 1.64. The van der Waals surface area contributed by atoms with Crippen LogP contribution in [0.5, 0.6) is 0 Å². The molecule has 0 spiro atoms. The van der Waals surface area contributed by atoms with Crippen molar-refractivity contribution in [2.75, 3.05) is 13.1 Å². The molecule has 4 aromatic heterocycles. The normalized spacial score (nSPS) is 14.9. The average Bonchev–Trinajstić information content (AvgIpc) is 3.53. The van der Waals surface area contributed by atoms with E-state index in [2.05, 4.69) is 51.9 Å². The van der Waals surface area contributed by atoms with Gasteiger partial charge in [0.2, 0.25) is 0 Å². The molecule has 32 heavy (non-hydrogen) atoms. The number of para-hydroxylation sites is 1. The molecule has 1 aliphatic rings. The van der Waals surface area contributed by atoms with Crippen molar-refractivity contribution < 1.29 is 4.79 Å². The molecule has 1 aromatic carbocycles. The van der Waals surface area contributed by atoms with Gasteiger partial charge in [0.05, 0.1) is 5.52 Å². The summed E-state index contributed by atoms with van der Waals surface area (Å²) in [7, 11) is 0. The number of likely N-dealkylation sites (tertiary alicyclic amines) is 1. The highest BCUT2D eigenvalue weighted by Crippen LogP contribution is 2.34. The molecule has 0 saturated carbocycles. The quantitative estimate of drug-likeness (QED) is 0.384. The van der Waals surface area contributed by atoms with Crippen molar-refractivity contribution in [3.05, 3.63) is 83.1 Å². The van der Waals surface area contributed by atoms with Crippen molar-refractivity contribution in [2.24, 2.45) is 0 Å². The van der Waals surface area contributed by atoms with E-state index in [1.54, 1.807) is 17.5 Å². The molecule has 1 N–H and O–H groups in total. The Morgan fingerprint density at radius 1 is 1.06 bits per heavy atom. The zero-order chi connectivity index (χ0) is 21.5. The Morgan fingerprint density at radius 3 is 2.78 bits per heavy atom. The van der Waals surface area contributed by atoms with Gasteiger partial charge in [0.1, 0.15) is 5.69 Å². The third kappa shape index (κ3) is 3.28. The van der Waals surface area contributed by atoms with Gasteiger partial charge in [-0.15, -0.1) is 0 Å². The van der Waals surface area contributed by atoms with Crippen molar-refractivity contribution in [3.8, 4) is 11.1 Å². The van der Waals surface area contributed by atoms with E-state index in [-0.39, 0.29) is 5.91 Å². The minimum atomic E-state index is 0.0114. The van der Waals surface area contributed by atoms with Crippen LogP contribution in [0.4, 0.5) is 0 Å². The maximum Gasteiger partial charge on any atom is 0.272 e. The Balaban J connectivity index is 1.24. The number of pyridine rings is 2. The van der Waals surface area contributed by atoms with Gasteiger partial charge in [0.15, 0.2) is 0 Å². The zero-order valence-corrected chi connectivity index (χ0v) is 18.3. The number of piperidine rings is 1. The second-order valence-electron chi connectivity index (χ2n) is 8.32. The topological polar surface area (TPSA) is 61.9 Å². The number of carbonyl (C=O) groups excluding carboxylic acids is 1. The Hall–Kier alpha value is -3.51. The molecule has 0 aliphatic carbocycles. The number of hydrogen-bond donors (Lipinski definition) is 1. The second kappa shape index (κ2) is 7.88. The number of aromatic amines is 1. The summed E-state index contributed by atoms with van der Waals surface area (Å²) in [6.07, 6.45) is 7.70. The lowest BCUT2D eigenvalue weighted by Gasteiger charge is -2.32. The molecule has 0 bridgehead atoms. The van der Waals surface area contributed by atoms with Gasteiger partial charge in [-0.3, -0.25) is 9.78 Å². The first-order valence-corrected chi connectivity index (χ1v) is 11.8. The molecule has 0 radical (unpaired) electrons. The maximum absolute atomic E-state index is 13.3. The molecule has 158 valence electrons. The van der Waals surface area contributed by atoms with Gasteiger partial charge in [0.25, 0.3) is 5.91 Å². The van der Waals surface area contributed by atoms with E-state index < -0.39 is 0 Å². The molecule has 5 aromatic rings. The molecule has 6 rings (SSSR count). The number of hydrogen-bond acceptors (Lipinski definition) is 4. The number of rotatable bonds is 3. The minimum Gasteiger partial charge on any atom is -0.361 e. The van der Waals surface area contributed by atoms with Crippen LogP contribution in [0.2, 0.25) is 0 Å². The van der Waals surface area contributed by atoms with E-state index in [0.717, 1.165) is 48.0 Å². The highest BCUT2D eigenvalue weighted by molar-refractivity contribution is 7.08. The summed E-state index contributed by atoms with van der Waals surface area (Å²) in [5.41, 5.74) is 5.94. The number of amides is 1. The maximum atomic E-state index is 13.3. The van der Waals surface area contributed by atoms with Crippen LogP contribution in [-0.2, 0) is 0 Å². The highest BCUT2D eigenvalue weighted by Gasteiger charge is 2.27. The average molecular weight is 439 g/mol. The number of H-pyrrole nitrogens is 1. The van der Waals surface area contributed by atoms with E-state index in [0.29, 0.717) is 11.6 Å². The summed E-state index contributed by atoms with van der Waals surface area (Å²) in [4.78, 5) is 27.8. The zero-order valence-electron chi connectivity index (χ0n) is 17.5. The van der Waals surface area contributed by atoms with Crippen LogP contribution in [0.15, 0.2) is 71.8 Å².